The van der Waals surface area contributed by atoms with E-state index >= 15 is 0 Å². The van der Waals surface area contributed by atoms with Gasteiger partial charge in [-0.15, -0.1) is 0 Å². The van der Waals surface area contributed by atoms with E-state index < -0.39 is 27.4 Å². The summed E-state index contributed by atoms with van der Waals surface area (Å²) in [7, 11) is -0.206. The Morgan fingerprint density at radius 2 is 1.54 bits per heavy atom. The number of halogens is 2. The minimum atomic E-state index is -3.94. The predicted molar refractivity (Wildman–Crippen MR) is 145 cm³/mol. The van der Waals surface area contributed by atoms with Crippen LogP contribution in [0.2, 0.25) is 0 Å². The summed E-state index contributed by atoms with van der Waals surface area (Å²) in [5.41, 5.74) is 1.69. The van der Waals surface area contributed by atoms with Crippen LogP contribution in [0.5, 0.6) is 0 Å². The summed E-state index contributed by atoms with van der Waals surface area (Å²) in [5, 5.41) is -0.156. The van der Waals surface area contributed by atoms with Crippen LogP contribution in [0.1, 0.15) is 27.2 Å². The summed E-state index contributed by atoms with van der Waals surface area (Å²) in [6.07, 6.45) is 1.44. The number of hydrogen-bond donors (Lipinski definition) is 0. The molecule has 0 spiro atoms. The molecule has 0 radical (unpaired) electrons. The molecule has 10 heteroatoms. The van der Waals surface area contributed by atoms with Crippen molar-refractivity contribution in [1.29, 1.82) is 0 Å². The van der Waals surface area contributed by atoms with Crippen molar-refractivity contribution >= 4 is 15.7 Å². The zero-order chi connectivity index (χ0) is 28.0. The van der Waals surface area contributed by atoms with Gasteiger partial charge >= 0.3 is 0 Å². The lowest BCUT2D eigenvalue weighted by atomic mass is 10.1. The third kappa shape index (κ3) is 7.15. The van der Waals surface area contributed by atoms with Gasteiger partial charge < -0.3 is 14.4 Å². The van der Waals surface area contributed by atoms with Crippen LogP contribution in [0.25, 0.3) is 0 Å². The standard InChI is InChI=1S/C29H30F2N4O3S/c1-33(2)16-17-34(28(36)26-10-6-7-11-27(26)31)20-25-18-32-29(35(25)19-22-8-4-3-5-9-22)39(37,38)21-23-12-14-24(30)15-13-23/h3-15,18H,16-17,19-21H2,1-2H3. The Morgan fingerprint density at radius 3 is 2.21 bits per heavy atom. The maximum absolute atomic E-state index is 14.5. The molecule has 0 aliphatic carbocycles. The van der Waals surface area contributed by atoms with Gasteiger partial charge in [-0.25, -0.2) is 22.2 Å². The van der Waals surface area contributed by atoms with Crippen LogP contribution in [0.15, 0.2) is 90.2 Å². The third-order valence-corrected chi connectivity index (χ3v) is 7.79. The fourth-order valence-corrected chi connectivity index (χ4v) is 5.63. The predicted octanol–water partition coefficient (Wildman–Crippen LogP) is 4.39. The van der Waals surface area contributed by atoms with Crippen molar-refractivity contribution in [2.24, 2.45) is 0 Å². The summed E-state index contributed by atoms with van der Waals surface area (Å²) in [6.45, 7) is 1.02. The van der Waals surface area contributed by atoms with Gasteiger partial charge in [0.1, 0.15) is 11.6 Å². The monoisotopic (exact) mass is 552 g/mol. The molecule has 39 heavy (non-hydrogen) atoms. The number of nitrogens with zero attached hydrogens (tertiary/aromatic N) is 4. The lowest BCUT2D eigenvalue weighted by Gasteiger charge is -2.25. The largest absolute Gasteiger partial charge is 0.331 e. The topological polar surface area (TPSA) is 75.5 Å². The Bertz CT molecular complexity index is 1520. The normalized spacial score (nSPS) is 11.6. The number of hydrogen-bond acceptors (Lipinski definition) is 5. The molecule has 1 heterocycles. The maximum atomic E-state index is 14.5. The first kappa shape index (κ1) is 28.1. The minimum Gasteiger partial charge on any atom is -0.331 e. The number of likely N-dealkylation sites (N-methyl/N-ethyl adjacent to an activating group) is 1. The Hall–Kier alpha value is -3.89. The first-order valence-corrected chi connectivity index (χ1v) is 14.0. The number of imidazole rings is 1. The molecule has 0 aliphatic heterocycles. The molecule has 0 unspecified atom stereocenters. The van der Waals surface area contributed by atoms with Crippen molar-refractivity contribution in [3.05, 3.63) is 119 Å². The zero-order valence-electron chi connectivity index (χ0n) is 21.8. The second-order valence-corrected chi connectivity index (χ2v) is 11.4. The smallest absolute Gasteiger partial charge is 0.257 e. The van der Waals surface area contributed by atoms with Crippen LogP contribution in [0.3, 0.4) is 0 Å². The number of benzene rings is 3. The zero-order valence-corrected chi connectivity index (χ0v) is 22.6. The van der Waals surface area contributed by atoms with Crippen LogP contribution in [0, 0.1) is 11.6 Å². The Labute approximate surface area is 227 Å². The Kier molecular flexibility index (Phi) is 8.88. The van der Waals surface area contributed by atoms with Gasteiger partial charge in [0.15, 0.2) is 0 Å². The summed E-state index contributed by atoms with van der Waals surface area (Å²) in [6, 6.07) is 20.4. The number of sulfone groups is 1. The quantitative estimate of drug-likeness (QED) is 0.276. The number of carbonyl (C=O) groups is 1. The van der Waals surface area contributed by atoms with Gasteiger partial charge in [0.05, 0.1) is 36.3 Å². The number of carbonyl (C=O) groups excluding carboxylic acids is 1. The van der Waals surface area contributed by atoms with E-state index in [0.717, 1.165) is 5.56 Å². The summed E-state index contributed by atoms with van der Waals surface area (Å²) in [5.74, 6) is -1.95. The Morgan fingerprint density at radius 1 is 0.872 bits per heavy atom. The van der Waals surface area contributed by atoms with E-state index in [4.69, 9.17) is 0 Å². The molecule has 3 aromatic carbocycles. The first-order chi connectivity index (χ1) is 18.6. The van der Waals surface area contributed by atoms with Gasteiger partial charge in [-0.3, -0.25) is 4.79 Å². The van der Waals surface area contributed by atoms with Crippen molar-refractivity contribution in [2.75, 3.05) is 27.2 Å². The molecule has 0 aliphatic rings. The molecule has 4 rings (SSSR count). The van der Waals surface area contributed by atoms with Crippen LogP contribution in [-0.4, -0.2) is 60.9 Å². The highest BCUT2D eigenvalue weighted by Gasteiger charge is 2.27. The number of aromatic nitrogens is 2. The van der Waals surface area contributed by atoms with Gasteiger partial charge in [-0.1, -0.05) is 54.6 Å². The molecule has 7 nitrogen and oxygen atoms in total. The summed E-state index contributed by atoms with van der Waals surface area (Å²) in [4.78, 5) is 21.1. The Balaban J connectivity index is 1.72. The van der Waals surface area contributed by atoms with E-state index in [2.05, 4.69) is 4.98 Å². The minimum absolute atomic E-state index is 0.0207. The average molecular weight is 553 g/mol. The average Bonchev–Trinajstić information content (AvgIpc) is 3.31. The molecule has 4 aromatic rings. The van der Waals surface area contributed by atoms with Crippen molar-refractivity contribution in [1.82, 2.24) is 19.4 Å². The van der Waals surface area contributed by atoms with E-state index in [0.29, 0.717) is 17.8 Å². The van der Waals surface area contributed by atoms with Crippen molar-refractivity contribution < 1.29 is 22.0 Å². The molecular weight excluding hydrogens is 522 g/mol. The van der Waals surface area contributed by atoms with Gasteiger partial charge in [0.2, 0.25) is 15.0 Å². The second kappa shape index (κ2) is 12.3. The molecule has 1 amide bonds. The highest BCUT2D eigenvalue weighted by molar-refractivity contribution is 7.90. The lowest BCUT2D eigenvalue weighted by molar-refractivity contribution is 0.0723. The molecule has 204 valence electrons. The lowest BCUT2D eigenvalue weighted by Crippen LogP contribution is -2.37. The van der Waals surface area contributed by atoms with Crippen LogP contribution in [-0.2, 0) is 28.7 Å². The molecule has 0 saturated carbocycles. The highest BCUT2D eigenvalue weighted by Crippen LogP contribution is 2.22. The van der Waals surface area contributed by atoms with Crippen LogP contribution >= 0.6 is 0 Å². The fraction of sp³-hybridized carbons (Fsp3) is 0.241. The maximum Gasteiger partial charge on any atom is 0.257 e. The molecule has 0 saturated heterocycles. The van der Waals surface area contributed by atoms with Gasteiger partial charge in [-0.2, -0.15) is 0 Å². The molecule has 0 N–H and O–H groups in total. The third-order valence-electron chi connectivity index (χ3n) is 6.19. The van der Waals surface area contributed by atoms with E-state index in [1.807, 2.05) is 49.3 Å². The SMILES string of the molecule is CN(C)CCN(Cc1cnc(S(=O)(=O)Cc2ccc(F)cc2)n1Cc1ccccc1)C(=O)c1ccccc1F. The van der Waals surface area contributed by atoms with E-state index in [9.17, 15) is 22.0 Å². The highest BCUT2D eigenvalue weighted by atomic mass is 32.2. The summed E-state index contributed by atoms with van der Waals surface area (Å²) < 4.78 is 56.5. The molecule has 0 bridgehead atoms. The first-order valence-electron chi connectivity index (χ1n) is 12.4. The number of rotatable bonds is 11. The second-order valence-electron chi connectivity index (χ2n) is 9.50. The van der Waals surface area contributed by atoms with Crippen LogP contribution < -0.4 is 0 Å². The summed E-state index contributed by atoms with van der Waals surface area (Å²) >= 11 is 0. The van der Waals surface area contributed by atoms with E-state index in [-0.39, 0.29) is 36.1 Å². The molecule has 0 atom stereocenters. The van der Waals surface area contributed by atoms with Crippen LogP contribution in [0.4, 0.5) is 8.78 Å². The van der Waals surface area contributed by atoms with Gasteiger partial charge in [0.25, 0.3) is 5.91 Å². The molecule has 0 fully saturated rings. The molecule has 1 aromatic heterocycles. The van der Waals surface area contributed by atoms with Crippen molar-refractivity contribution in [3.8, 4) is 0 Å². The van der Waals surface area contributed by atoms with Crippen molar-refractivity contribution in [3.63, 3.8) is 0 Å². The van der Waals surface area contributed by atoms with E-state index in [1.54, 1.807) is 10.6 Å². The fourth-order valence-electron chi connectivity index (χ4n) is 4.14. The number of amides is 1. The molecular formula is C29H30F2N4O3S. The van der Waals surface area contributed by atoms with Gasteiger partial charge in [0, 0.05) is 13.1 Å². The van der Waals surface area contributed by atoms with Gasteiger partial charge in [-0.05, 0) is 49.5 Å². The van der Waals surface area contributed by atoms with E-state index in [1.165, 1.54) is 53.6 Å². The van der Waals surface area contributed by atoms with Crippen molar-refractivity contribution in [2.45, 2.75) is 24.0 Å².